The number of amides is 1. The standard InChI is InChI=1S/C31H44F3N3O4/c1-4-5-12-30(3,13-17-40-26-9-6-7-10-27(26)41-21-31(32,33)34)36-22(2)18-23-19-24-11-15-37(14-8-16-38)28(24)25(20-23)29(35)39/h6-7,9-10,19-20,22,36,38H,4-5,8,11-18,21H2,1-3H3,(H2,35,39)/t22-,30?/m1/s1. The molecule has 3 rings (SSSR count). The molecule has 0 spiro atoms. The Hall–Kier alpha value is -2.98. The fourth-order valence-electron chi connectivity index (χ4n) is 5.55. The number of hydrogen-bond acceptors (Lipinski definition) is 6. The molecule has 1 heterocycles. The zero-order chi connectivity index (χ0) is 30.0. The summed E-state index contributed by atoms with van der Waals surface area (Å²) in [4.78, 5) is 14.5. The van der Waals surface area contributed by atoms with E-state index >= 15 is 0 Å². The van der Waals surface area contributed by atoms with E-state index in [0.717, 1.165) is 49.0 Å². The van der Waals surface area contributed by atoms with Crippen LogP contribution in [0, 0.1) is 0 Å². The van der Waals surface area contributed by atoms with Crippen LogP contribution in [-0.4, -0.2) is 61.7 Å². The van der Waals surface area contributed by atoms with Gasteiger partial charge in [-0.2, -0.15) is 13.2 Å². The van der Waals surface area contributed by atoms with Crippen LogP contribution in [0.25, 0.3) is 0 Å². The van der Waals surface area contributed by atoms with Crippen LogP contribution in [-0.2, 0) is 12.8 Å². The molecular formula is C31H44F3N3O4. The van der Waals surface area contributed by atoms with E-state index in [0.29, 0.717) is 38.0 Å². The number of aliphatic hydroxyl groups is 1. The van der Waals surface area contributed by atoms with Crippen LogP contribution in [0.5, 0.6) is 11.5 Å². The lowest BCUT2D eigenvalue weighted by molar-refractivity contribution is -0.153. The SMILES string of the molecule is CCCCC(C)(CCOc1ccccc1OCC(F)(F)F)N[C@H](C)Cc1cc2c(c(C(N)=O)c1)N(CCCO)CC2. The van der Waals surface area contributed by atoms with Crippen molar-refractivity contribution in [3.8, 4) is 11.5 Å². The summed E-state index contributed by atoms with van der Waals surface area (Å²) in [6, 6.07) is 10.5. The zero-order valence-corrected chi connectivity index (χ0v) is 24.4. The number of anilines is 1. The molecule has 0 saturated carbocycles. The Morgan fingerprint density at radius 2 is 1.85 bits per heavy atom. The van der Waals surface area contributed by atoms with Crippen LogP contribution < -0.4 is 25.4 Å². The molecule has 228 valence electrons. The van der Waals surface area contributed by atoms with Crippen LogP contribution in [0.3, 0.4) is 0 Å². The fourth-order valence-corrected chi connectivity index (χ4v) is 5.55. The van der Waals surface area contributed by atoms with E-state index in [-0.39, 0.29) is 29.7 Å². The minimum absolute atomic E-state index is 0.0678. The number of alkyl halides is 3. The minimum Gasteiger partial charge on any atom is -0.490 e. The summed E-state index contributed by atoms with van der Waals surface area (Å²) in [6.07, 6.45) is 1.31. The first kappa shape index (κ1) is 32.5. The lowest BCUT2D eigenvalue weighted by atomic mass is 9.89. The van der Waals surface area contributed by atoms with Crippen molar-refractivity contribution in [2.45, 2.75) is 83.5 Å². The van der Waals surface area contributed by atoms with Gasteiger partial charge in [-0.3, -0.25) is 4.79 Å². The van der Waals surface area contributed by atoms with Crippen molar-refractivity contribution in [3.05, 3.63) is 53.1 Å². The second-order valence-electron chi connectivity index (χ2n) is 11.2. The number of aliphatic hydroxyl groups excluding tert-OH is 1. The van der Waals surface area contributed by atoms with Crippen molar-refractivity contribution in [1.82, 2.24) is 5.32 Å². The van der Waals surface area contributed by atoms with E-state index < -0.39 is 18.7 Å². The molecule has 0 saturated heterocycles. The molecule has 1 aliphatic heterocycles. The number of unbranched alkanes of at least 4 members (excludes halogenated alkanes) is 1. The minimum atomic E-state index is -4.43. The van der Waals surface area contributed by atoms with Gasteiger partial charge in [0.1, 0.15) is 0 Å². The molecule has 10 heteroatoms. The zero-order valence-electron chi connectivity index (χ0n) is 24.4. The first-order valence-electron chi connectivity index (χ1n) is 14.4. The Morgan fingerprint density at radius 1 is 1.15 bits per heavy atom. The maximum absolute atomic E-state index is 12.7. The summed E-state index contributed by atoms with van der Waals surface area (Å²) < 4.78 is 48.8. The lowest BCUT2D eigenvalue weighted by Crippen LogP contribution is -2.48. The van der Waals surface area contributed by atoms with E-state index in [1.165, 1.54) is 6.07 Å². The molecule has 1 amide bonds. The summed E-state index contributed by atoms with van der Waals surface area (Å²) in [6.45, 7) is 6.89. The number of hydrogen-bond donors (Lipinski definition) is 3. The van der Waals surface area contributed by atoms with Gasteiger partial charge in [0.2, 0.25) is 0 Å². The van der Waals surface area contributed by atoms with Crippen LogP contribution in [0.2, 0.25) is 0 Å². The highest BCUT2D eigenvalue weighted by Gasteiger charge is 2.30. The Bertz CT molecular complexity index is 1140. The number of rotatable bonds is 17. The van der Waals surface area contributed by atoms with Crippen molar-refractivity contribution < 1.29 is 32.5 Å². The van der Waals surface area contributed by atoms with Crippen LogP contribution in [0.15, 0.2) is 36.4 Å². The molecule has 2 atom stereocenters. The van der Waals surface area contributed by atoms with Crippen LogP contribution in [0.1, 0.15) is 74.4 Å². The Balaban J connectivity index is 1.67. The largest absolute Gasteiger partial charge is 0.490 e. The maximum Gasteiger partial charge on any atom is 0.422 e. The third-order valence-corrected chi connectivity index (χ3v) is 7.44. The Morgan fingerprint density at radius 3 is 2.49 bits per heavy atom. The van der Waals surface area contributed by atoms with Crippen molar-refractivity contribution in [3.63, 3.8) is 0 Å². The van der Waals surface area contributed by atoms with E-state index in [1.807, 2.05) is 6.07 Å². The molecule has 2 aromatic carbocycles. The van der Waals surface area contributed by atoms with Gasteiger partial charge in [-0.1, -0.05) is 38.0 Å². The summed E-state index contributed by atoms with van der Waals surface area (Å²) >= 11 is 0. The predicted molar refractivity (Wildman–Crippen MR) is 155 cm³/mol. The first-order chi connectivity index (χ1) is 19.4. The summed E-state index contributed by atoms with van der Waals surface area (Å²) in [5.41, 5.74) is 9.05. The fraction of sp³-hybridized carbons (Fsp3) is 0.581. The van der Waals surface area contributed by atoms with Gasteiger partial charge in [-0.25, -0.2) is 0 Å². The smallest absolute Gasteiger partial charge is 0.422 e. The van der Waals surface area contributed by atoms with Crippen LogP contribution in [0.4, 0.5) is 18.9 Å². The van der Waals surface area contributed by atoms with Gasteiger partial charge < -0.3 is 30.5 Å². The Labute approximate surface area is 241 Å². The molecule has 4 N–H and O–H groups in total. The number of primary amides is 1. The van der Waals surface area contributed by atoms with E-state index in [1.54, 1.807) is 18.2 Å². The third-order valence-electron chi connectivity index (χ3n) is 7.44. The highest BCUT2D eigenvalue weighted by atomic mass is 19.4. The molecule has 0 aliphatic carbocycles. The number of ether oxygens (including phenoxy) is 2. The molecule has 0 radical (unpaired) electrons. The summed E-state index contributed by atoms with van der Waals surface area (Å²) in [5.74, 6) is -0.102. The summed E-state index contributed by atoms with van der Waals surface area (Å²) in [7, 11) is 0. The molecule has 0 bridgehead atoms. The number of nitrogens with two attached hydrogens (primary N) is 1. The third kappa shape index (κ3) is 9.81. The maximum atomic E-state index is 12.7. The second kappa shape index (κ2) is 14.8. The average Bonchev–Trinajstić information content (AvgIpc) is 3.31. The van der Waals surface area contributed by atoms with Crippen molar-refractivity contribution >= 4 is 11.6 Å². The number of carbonyl (C=O) groups is 1. The molecule has 1 unspecified atom stereocenters. The van der Waals surface area contributed by atoms with Gasteiger partial charge >= 0.3 is 6.18 Å². The summed E-state index contributed by atoms with van der Waals surface area (Å²) in [5, 5.41) is 13.0. The number of halogens is 3. The molecule has 2 aromatic rings. The van der Waals surface area contributed by atoms with Crippen molar-refractivity contribution in [2.24, 2.45) is 5.73 Å². The second-order valence-corrected chi connectivity index (χ2v) is 11.2. The molecule has 1 aliphatic rings. The predicted octanol–water partition coefficient (Wildman–Crippen LogP) is 5.41. The number of carbonyl (C=O) groups excluding carboxylic acids is 1. The number of para-hydroxylation sites is 2. The quantitative estimate of drug-likeness (QED) is 0.232. The first-order valence-corrected chi connectivity index (χ1v) is 14.4. The average molecular weight is 580 g/mol. The molecular weight excluding hydrogens is 535 g/mol. The molecule has 41 heavy (non-hydrogen) atoms. The van der Waals surface area contributed by atoms with Crippen LogP contribution >= 0.6 is 0 Å². The normalized spacial score (nSPS) is 15.3. The van der Waals surface area contributed by atoms with E-state index in [9.17, 15) is 23.1 Å². The van der Waals surface area contributed by atoms with Gasteiger partial charge in [-0.15, -0.1) is 0 Å². The lowest BCUT2D eigenvalue weighted by Gasteiger charge is -2.35. The monoisotopic (exact) mass is 579 g/mol. The van der Waals surface area contributed by atoms with Gasteiger partial charge in [0.15, 0.2) is 18.1 Å². The Kier molecular flexibility index (Phi) is 11.7. The van der Waals surface area contributed by atoms with E-state index in [2.05, 4.69) is 37.1 Å². The van der Waals surface area contributed by atoms with Gasteiger partial charge in [0, 0.05) is 31.3 Å². The van der Waals surface area contributed by atoms with Gasteiger partial charge in [-0.05, 0) is 75.3 Å². The number of fused-ring (bicyclic) bond motifs is 1. The number of nitrogens with zero attached hydrogens (tertiary/aromatic N) is 1. The molecule has 0 aromatic heterocycles. The number of nitrogens with one attached hydrogen (secondary N) is 1. The highest BCUT2D eigenvalue weighted by Crippen LogP contribution is 2.34. The van der Waals surface area contributed by atoms with Crippen molar-refractivity contribution in [2.75, 3.05) is 37.8 Å². The van der Waals surface area contributed by atoms with Crippen molar-refractivity contribution in [1.29, 1.82) is 0 Å². The number of benzene rings is 2. The molecule has 0 fully saturated rings. The van der Waals surface area contributed by atoms with E-state index in [4.69, 9.17) is 15.2 Å². The van der Waals surface area contributed by atoms with Gasteiger partial charge in [0.05, 0.1) is 17.9 Å². The topological polar surface area (TPSA) is 97.1 Å². The highest BCUT2D eigenvalue weighted by molar-refractivity contribution is 6.00. The van der Waals surface area contributed by atoms with Gasteiger partial charge in [0.25, 0.3) is 5.91 Å². The molecule has 7 nitrogen and oxygen atoms in total.